The van der Waals surface area contributed by atoms with E-state index in [4.69, 9.17) is 27.9 Å². The molecule has 0 bridgehead atoms. The van der Waals surface area contributed by atoms with Gasteiger partial charge in [-0.05, 0) is 61.8 Å². The highest BCUT2D eigenvalue weighted by Gasteiger charge is 2.42. The lowest BCUT2D eigenvalue weighted by Gasteiger charge is -2.30. The van der Waals surface area contributed by atoms with Crippen molar-refractivity contribution < 1.29 is 27.5 Å². The lowest BCUT2D eigenvalue weighted by molar-refractivity contribution is -0.139. The van der Waals surface area contributed by atoms with Gasteiger partial charge in [-0.3, -0.25) is 9.59 Å². The molecule has 6 nitrogen and oxygen atoms in total. The van der Waals surface area contributed by atoms with Gasteiger partial charge in [0, 0.05) is 37.5 Å². The molecule has 0 aromatic heterocycles. The molecule has 0 spiro atoms. The van der Waals surface area contributed by atoms with Gasteiger partial charge < -0.3 is 19.9 Å². The van der Waals surface area contributed by atoms with E-state index < -0.39 is 23.7 Å². The third kappa shape index (κ3) is 5.84. The molecule has 4 rings (SSSR count). The first-order valence-electron chi connectivity index (χ1n) is 12.0. The second-order valence-corrected chi connectivity index (χ2v) is 10.3. The quantitative estimate of drug-likeness (QED) is 0.556. The minimum Gasteiger partial charge on any atom is -0.496 e. The molecule has 200 valence electrons. The average molecular weight is 558 g/mol. The van der Waals surface area contributed by atoms with Crippen molar-refractivity contribution in [3.8, 4) is 5.75 Å². The number of alkyl halides is 3. The summed E-state index contributed by atoms with van der Waals surface area (Å²) in [5, 5.41) is 3.98. The van der Waals surface area contributed by atoms with Crippen LogP contribution in [0, 0.1) is 5.92 Å². The van der Waals surface area contributed by atoms with Gasteiger partial charge in [-0.1, -0.05) is 29.3 Å². The molecule has 2 fully saturated rings. The first-order chi connectivity index (χ1) is 17.5. The number of piperidine rings is 1. The predicted octanol–water partition coefficient (Wildman–Crippen LogP) is 5.09. The van der Waals surface area contributed by atoms with E-state index in [-0.39, 0.29) is 35.6 Å². The van der Waals surface area contributed by atoms with E-state index in [0.717, 1.165) is 50.7 Å². The molecule has 2 atom stereocenters. The molecule has 2 aliphatic rings. The largest absolute Gasteiger partial charge is 0.496 e. The van der Waals surface area contributed by atoms with Gasteiger partial charge in [-0.25, -0.2) is 0 Å². The fourth-order valence-electron chi connectivity index (χ4n) is 5.17. The summed E-state index contributed by atoms with van der Waals surface area (Å²) in [6.45, 7) is 2.15. The maximum atomic E-state index is 13.6. The van der Waals surface area contributed by atoms with E-state index in [1.165, 1.54) is 11.0 Å². The van der Waals surface area contributed by atoms with Crippen LogP contribution in [0.15, 0.2) is 36.4 Å². The lowest BCUT2D eigenvalue weighted by atomic mass is 9.93. The van der Waals surface area contributed by atoms with Crippen LogP contribution in [-0.4, -0.2) is 68.0 Å². The number of methoxy groups -OCH3 is 1. The first-order valence-corrected chi connectivity index (χ1v) is 12.7. The third-order valence-corrected chi connectivity index (χ3v) is 7.97. The van der Waals surface area contributed by atoms with Crippen molar-refractivity contribution in [1.82, 2.24) is 15.1 Å². The summed E-state index contributed by atoms with van der Waals surface area (Å²) in [4.78, 5) is 30.0. The average Bonchev–Trinajstić information content (AvgIpc) is 3.34. The monoisotopic (exact) mass is 557 g/mol. The van der Waals surface area contributed by atoms with Crippen LogP contribution in [0.2, 0.25) is 10.0 Å². The van der Waals surface area contributed by atoms with Gasteiger partial charge in [-0.15, -0.1) is 0 Å². The van der Waals surface area contributed by atoms with Crippen LogP contribution in [-0.2, 0) is 11.0 Å². The molecule has 2 aliphatic heterocycles. The number of hydrogen-bond donors (Lipinski definition) is 1. The number of amides is 2. The fraction of sp³-hybridized carbons (Fsp3) is 0.462. The van der Waals surface area contributed by atoms with E-state index >= 15 is 0 Å². The Labute approximate surface area is 223 Å². The Balaban J connectivity index is 1.65. The van der Waals surface area contributed by atoms with Crippen LogP contribution in [0.3, 0.4) is 0 Å². The summed E-state index contributed by atoms with van der Waals surface area (Å²) in [5.41, 5.74) is -0.346. The first kappa shape index (κ1) is 27.5. The van der Waals surface area contributed by atoms with E-state index in [2.05, 4.69) is 5.32 Å². The molecule has 2 aromatic carbocycles. The fourth-order valence-corrected chi connectivity index (χ4v) is 5.48. The van der Waals surface area contributed by atoms with Gasteiger partial charge in [0.25, 0.3) is 5.91 Å². The van der Waals surface area contributed by atoms with Crippen molar-refractivity contribution in [2.75, 3.05) is 40.3 Å². The number of likely N-dealkylation sites (N-methyl/N-ethyl adjacent to an activating group) is 1. The number of hydrogen-bond acceptors (Lipinski definition) is 4. The standard InChI is InChI=1S/C26H28Cl2F3N3O3/c1-33(24(35)17-4-6-23(37-2)19(11-17)26(29,30)31)22-14-34(25(36)15-7-9-32-10-8-15)13-18(22)16-3-5-20(27)21(28)12-16/h3-6,11-12,15,18,22,32H,7-10,13-14H2,1-2H3/t18-,22+/m1/s1. The van der Waals surface area contributed by atoms with Gasteiger partial charge in [0.15, 0.2) is 0 Å². The van der Waals surface area contributed by atoms with Crippen molar-refractivity contribution in [2.45, 2.75) is 31.0 Å². The lowest BCUT2D eigenvalue weighted by Crippen LogP contribution is -2.43. The summed E-state index contributed by atoms with van der Waals surface area (Å²) in [7, 11) is 2.69. The smallest absolute Gasteiger partial charge is 0.419 e. The summed E-state index contributed by atoms with van der Waals surface area (Å²) in [6, 6.07) is 7.96. The predicted molar refractivity (Wildman–Crippen MR) is 135 cm³/mol. The SMILES string of the molecule is COc1ccc(C(=O)N(C)[C@H]2CN(C(=O)C3CCNCC3)C[C@@H]2c2ccc(Cl)c(Cl)c2)cc1C(F)(F)F. The van der Waals surface area contributed by atoms with Gasteiger partial charge in [0.1, 0.15) is 5.75 Å². The van der Waals surface area contributed by atoms with E-state index in [0.29, 0.717) is 16.6 Å². The topological polar surface area (TPSA) is 61.9 Å². The van der Waals surface area contributed by atoms with Crippen LogP contribution >= 0.6 is 23.2 Å². The minimum atomic E-state index is -4.69. The number of carbonyl (C=O) groups excluding carboxylic acids is 2. The molecule has 2 aromatic rings. The Morgan fingerprint density at radius 2 is 1.76 bits per heavy atom. The molecule has 37 heavy (non-hydrogen) atoms. The maximum Gasteiger partial charge on any atom is 0.419 e. The van der Waals surface area contributed by atoms with Crippen LogP contribution in [0.5, 0.6) is 5.75 Å². The van der Waals surface area contributed by atoms with Crippen molar-refractivity contribution in [3.05, 3.63) is 63.1 Å². The summed E-state index contributed by atoms with van der Waals surface area (Å²) < 4.78 is 45.6. The van der Waals surface area contributed by atoms with Crippen molar-refractivity contribution >= 4 is 35.0 Å². The Morgan fingerprint density at radius 3 is 2.38 bits per heavy atom. The van der Waals surface area contributed by atoms with Crippen LogP contribution < -0.4 is 10.1 Å². The zero-order valence-electron chi connectivity index (χ0n) is 20.4. The van der Waals surface area contributed by atoms with Crippen molar-refractivity contribution in [2.24, 2.45) is 5.92 Å². The molecule has 11 heteroatoms. The Hall–Kier alpha value is -2.49. The Morgan fingerprint density at radius 1 is 1.05 bits per heavy atom. The highest BCUT2D eigenvalue weighted by atomic mass is 35.5. The molecular weight excluding hydrogens is 530 g/mol. The molecule has 2 heterocycles. The number of rotatable bonds is 5. The molecular formula is C26H28Cl2F3N3O3. The molecule has 0 radical (unpaired) electrons. The Kier molecular flexibility index (Phi) is 8.26. The highest BCUT2D eigenvalue weighted by Crippen LogP contribution is 2.38. The molecule has 0 saturated carbocycles. The summed E-state index contributed by atoms with van der Waals surface area (Å²) in [6.07, 6.45) is -3.22. The number of carbonyl (C=O) groups is 2. The van der Waals surface area contributed by atoms with E-state index in [1.54, 1.807) is 30.1 Å². The Bertz CT molecular complexity index is 1170. The van der Waals surface area contributed by atoms with E-state index in [1.807, 2.05) is 0 Å². The molecule has 1 N–H and O–H groups in total. The molecule has 2 amide bonds. The van der Waals surface area contributed by atoms with Crippen molar-refractivity contribution in [1.29, 1.82) is 0 Å². The van der Waals surface area contributed by atoms with Gasteiger partial charge in [-0.2, -0.15) is 13.2 Å². The molecule has 2 saturated heterocycles. The highest BCUT2D eigenvalue weighted by molar-refractivity contribution is 6.42. The van der Waals surface area contributed by atoms with Gasteiger partial charge >= 0.3 is 6.18 Å². The number of halogens is 5. The number of nitrogens with zero attached hydrogens (tertiary/aromatic N) is 2. The van der Waals surface area contributed by atoms with Crippen molar-refractivity contribution in [3.63, 3.8) is 0 Å². The molecule has 0 unspecified atom stereocenters. The zero-order valence-corrected chi connectivity index (χ0v) is 22.0. The second kappa shape index (κ2) is 11.1. The van der Waals surface area contributed by atoms with Gasteiger partial charge in [0.05, 0.1) is 28.8 Å². The third-order valence-electron chi connectivity index (χ3n) is 7.23. The zero-order chi connectivity index (χ0) is 26.9. The van der Waals surface area contributed by atoms with Crippen LogP contribution in [0.4, 0.5) is 13.2 Å². The normalized spacial score (nSPS) is 20.7. The number of nitrogens with one attached hydrogen (secondary N) is 1. The van der Waals surface area contributed by atoms with Crippen LogP contribution in [0.25, 0.3) is 0 Å². The maximum absolute atomic E-state index is 13.6. The number of likely N-dealkylation sites (tertiary alicyclic amines) is 1. The molecule has 0 aliphatic carbocycles. The number of ether oxygens (including phenoxy) is 1. The summed E-state index contributed by atoms with van der Waals surface area (Å²) in [5.74, 6) is -1.32. The van der Waals surface area contributed by atoms with Crippen LogP contribution in [0.1, 0.15) is 40.2 Å². The van der Waals surface area contributed by atoms with Gasteiger partial charge in [0.2, 0.25) is 5.91 Å². The second-order valence-electron chi connectivity index (χ2n) is 9.44. The van der Waals surface area contributed by atoms with E-state index in [9.17, 15) is 22.8 Å². The summed E-state index contributed by atoms with van der Waals surface area (Å²) >= 11 is 12.4. The minimum absolute atomic E-state index is 0.0266. The number of benzene rings is 2.